The maximum Gasteiger partial charge on any atom is 0.215 e. The largest absolute Gasteiger partial charge is 0.326 e. The number of nitrogens with zero attached hydrogens (tertiary/aromatic N) is 1. The molecule has 1 aliphatic rings. The first kappa shape index (κ1) is 16.4. The predicted octanol–water partition coefficient (Wildman–Crippen LogP) is 1.05. The van der Waals surface area contributed by atoms with Crippen molar-refractivity contribution in [1.29, 1.82) is 0 Å². The summed E-state index contributed by atoms with van der Waals surface area (Å²) in [5, 5.41) is 0. The molecular weight excluding hydrogens is 286 g/mol. The molecule has 21 heavy (non-hydrogen) atoms. The zero-order valence-corrected chi connectivity index (χ0v) is 13.4. The molecule has 0 radical (unpaired) electrons. The molecule has 0 spiro atoms. The first-order valence-corrected chi connectivity index (χ1v) is 9.11. The third-order valence-corrected chi connectivity index (χ3v) is 5.36. The van der Waals surface area contributed by atoms with Gasteiger partial charge in [-0.1, -0.05) is 30.7 Å². The molecule has 0 aromatic heterocycles. The van der Waals surface area contributed by atoms with E-state index in [1.54, 1.807) is 0 Å². The quantitative estimate of drug-likeness (QED) is 0.823. The average Bonchev–Trinajstić information content (AvgIpc) is 2.46. The maximum absolute atomic E-state index is 12.2. The summed E-state index contributed by atoms with van der Waals surface area (Å²) in [6.45, 7) is 1.97. The Labute approximate surface area is 127 Å². The number of piperidine rings is 1. The number of benzene rings is 1. The molecule has 0 bridgehead atoms. The zero-order valence-electron chi connectivity index (χ0n) is 12.6. The fourth-order valence-corrected chi connectivity index (χ4v) is 3.91. The lowest BCUT2D eigenvalue weighted by Crippen LogP contribution is -2.44. The summed E-state index contributed by atoms with van der Waals surface area (Å²) in [5.41, 5.74) is 7.32. The number of likely N-dealkylation sites (tertiary alicyclic amines) is 1. The summed E-state index contributed by atoms with van der Waals surface area (Å²) >= 11 is 0. The molecule has 0 saturated carbocycles. The van der Waals surface area contributed by atoms with Gasteiger partial charge in [0.25, 0.3) is 0 Å². The van der Waals surface area contributed by atoms with Crippen LogP contribution in [0, 0.1) is 0 Å². The zero-order chi connectivity index (χ0) is 15.3. The molecule has 5 nitrogen and oxygen atoms in total. The topological polar surface area (TPSA) is 75.4 Å². The second-order valence-corrected chi connectivity index (χ2v) is 7.57. The smallest absolute Gasteiger partial charge is 0.215 e. The number of nitrogens with two attached hydrogens (primary N) is 1. The van der Waals surface area contributed by atoms with Crippen molar-refractivity contribution >= 4 is 10.0 Å². The molecule has 1 atom stereocenters. The Bertz CT molecular complexity index is 560. The lowest BCUT2D eigenvalue weighted by molar-refractivity contribution is 0.187. The molecule has 1 aromatic rings. The van der Waals surface area contributed by atoms with E-state index in [4.69, 9.17) is 5.73 Å². The number of hydrogen-bond acceptors (Lipinski definition) is 4. The van der Waals surface area contributed by atoms with E-state index in [0.29, 0.717) is 19.1 Å². The van der Waals surface area contributed by atoms with E-state index in [0.717, 1.165) is 24.1 Å². The van der Waals surface area contributed by atoms with Crippen LogP contribution in [0.15, 0.2) is 24.3 Å². The molecule has 6 heteroatoms. The van der Waals surface area contributed by atoms with Crippen LogP contribution in [0.3, 0.4) is 0 Å². The van der Waals surface area contributed by atoms with Gasteiger partial charge in [0.15, 0.2) is 0 Å². The Morgan fingerprint density at radius 2 is 2.10 bits per heavy atom. The molecule has 1 saturated heterocycles. The van der Waals surface area contributed by atoms with Crippen molar-refractivity contribution in [3.05, 3.63) is 35.4 Å². The van der Waals surface area contributed by atoms with Gasteiger partial charge in [0.2, 0.25) is 10.0 Å². The van der Waals surface area contributed by atoms with E-state index >= 15 is 0 Å². The van der Waals surface area contributed by atoms with Gasteiger partial charge in [0.1, 0.15) is 0 Å². The molecule has 0 aliphatic carbocycles. The second-order valence-electron chi connectivity index (χ2n) is 5.76. The SMILES string of the molecule is CN1CCCCC1CNS(=O)(=O)Cc1cccc(CN)c1. The molecule has 1 unspecified atom stereocenters. The van der Waals surface area contributed by atoms with Crippen LogP contribution in [0.4, 0.5) is 0 Å². The summed E-state index contributed by atoms with van der Waals surface area (Å²) < 4.78 is 27.1. The lowest BCUT2D eigenvalue weighted by Gasteiger charge is -2.32. The van der Waals surface area contributed by atoms with Crippen molar-refractivity contribution in [3.8, 4) is 0 Å². The van der Waals surface area contributed by atoms with Crippen LogP contribution in [-0.2, 0) is 22.3 Å². The number of likely N-dealkylation sites (N-methyl/N-ethyl adjacent to an activating group) is 1. The molecule has 1 heterocycles. The molecule has 1 aromatic carbocycles. The van der Waals surface area contributed by atoms with Gasteiger partial charge < -0.3 is 10.6 Å². The van der Waals surface area contributed by atoms with E-state index in [-0.39, 0.29) is 5.75 Å². The van der Waals surface area contributed by atoms with Gasteiger partial charge in [0.05, 0.1) is 5.75 Å². The number of rotatable bonds is 6. The normalized spacial score (nSPS) is 20.6. The first-order chi connectivity index (χ1) is 10.00. The Hall–Kier alpha value is -0.950. The Morgan fingerprint density at radius 1 is 1.33 bits per heavy atom. The van der Waals surface area contributed by atoms with E-state index in [1.165, 1.54) is 12.8 Å². The van der Waals surface area contributed by atoms with Crippen LogP contribution in [0.25, 0.3) is 0 Å². The van der Waals surface area contributed by atoms with Crippen molar-refractivity contribution in [1.82, 2.24) is 9.62 Å². The van der Waals surface area contributed by atoms with E-state index in [2.05, 4.69) is 16.7 Å². The highest BCUT2D eigenvalue weighted by Gasteiger charge is 2.21. The number of nitrogens with one attached hydrogen (secondary N) is 1. The molecule has 1 aliphatic heterocycles. The maximum atomic E-state index is 12.2. The van der Waals surface area contributed by atoms with Crippen LogP contribution in [0.5, 0.6) is 0 Å². The van der Waals surface area contributed by atoms with Crippen LogP contribution in [-0.4, -0.2) is 39.5 Å². The van der Waals surface area contributed by atoms with Gasteiger partial charge in [-0.15, -0.1) is 0 Å². The molecule has 1 fully saturated rings. The fraction of sp³-hybridized carbons (Fsp3) is 0.600. The standard InChI is InChI=1S/C15H25N3O2S/c1-18-8-3-2-7-15(18)11-17-21(19,20)12-14-6-4-5-13(9-14)10-16/h4-6,9,15,17H,2-3,7-8,10-12,16H2,1H3. The van der Waals surface area contributed by atoms with E-state index in [1.807, 2.05) is 24.3 Å². The van der Waals surface area contributed by atoms with E-state index < -0.39 is 10.0 Å². The second kappa shape index (κ2) is 7.35. The third-order valence-electron chi connectivity index (χ3n) is 4.04. The summed E-state index contributed by atoms with van der Waals surface area (Å²) in [6, 6.07) is 7.74. The Balaban J connectivity index is 1.92. The molecule has 118 valence electrons. The van der Waals surface area contributed by atoms with Crippen molar-refractivity contribution in [2.45, 2.75) is 37.6 Å². The van der Waals surface area contributed by atoms with Crippen molar-refractivity contribution in [2.24, 2.45) is 5.73 Å². The first-order valence-electron chi connectivity index (χ1n) is 7.45. The molecule has 3 N–H and O–H groups in total. The van der Waals surface area contributed by atoms with Gasteiger partial charge >= 0.3 is 0 Å². The highest BCUT2D eigenvalue weighted by atomic mass is 32.2. The van der Waals surface area contributed by atoms with Crippen LogP contribution in [0.2, 0.25) is 0 Å². The number of sulfonamides is 1. The minimum Gasteiger partial charge on any atom is -0.326 e. The summed E-state index contributed by atoms with van der Waals surface area (Å²) in [4.78, 5) is 2.24. The predicted molar refractivity (Wildman–Crippen MR) is 85.2 cm³/mol. The summed E-state index contributed by atoms with van der Waals surface area (Å²) in [7, 11) is -1.24. The third kappa shape index (κ3) is 5.07. The van der Waals surface area contributed by atoms with Crippen molar-refractivity contribution < 1.29 is 8.42 Å². The van der Waals surface area contributed by atoms with Crippen molar-refractivity contribution in [3.63, 3.8) is 0 Å². The van der Waals surface area contributed by atoms with Crippen LogP contribution >= 0.6 is 0 Å². The highest BCUT2D eigenvalue weighted by molar-refractivity contribution is 7.88. The Kier molecular flexibility index (Phi) is 5.75. The average molecular weight is 311 g/mol. The van der Waals surface area contributed by atoms with Gasteiger partial charge in [-0.3, -0.25) is 0 Å². The fourth-order valence-electron chi connectivity index (χ4n) is 2.74. The van der Waals surface area contributed by atoms with Gasteiger partial charge in [-0.25, -0.2) is 13.1 Å². The molecule has 0 amide bonds. The monoisotopic (exact) mass is 311 g/mol. The van der Waals surface area contributed by atoms with E-state index in [9.17, 15) is 8.42 Å². The lowest BCUT2D eigenvalue weighted by atomic mass is 10.0. The summed E-state index contributed by atoms with van der Waals surface area (Å²) in [6.07, 6.45) is 3.43. The number of hydrogen-bond donors (Lipinski definition) is 2. The molecule has 2 rings (SSSR count). The van der Waals surface area contributed by atoms with Crippen LogP contribution in [0.1, 0.15) is 30.4 Å². The molecular formula is C15H25N3O2S. The Morgan fingerprint density at radius 3 is 2.81 bits per heavy atom. The van der Waals surface area contributed by atoms with Gasteiger partial charge in [-0.2, -0.15) is 0 Å². The highest BCUT2D eigenvalue weighted by Crippen LogP contribution is 2.15. The minimum absolute atomic E-state index is 0.0112. The van der Waals surface area contributed by atoms with Crippen LogP contribution < -0.4 is 10.5 Å². The van der Waals surface area contributed by atoms with Gasteiger partial charge in [-0.05, 0) is 37.6 Å². The minimum atomic E-state index is -3.30. The summed E-state index contributed by atoms with van der Waals surface area (Å²) in [5.74, 6) is 0.0112. The van der Waals surface area contributed by atoms with Crippen molar-refractivity contribution in [2.75, 3.05) is 20.1 Å². The van der Waals surface area contributed by atoms with Gasteiger partial charge in [0, 0.05) is 19.1 Å².